The number of nitrogen functional groups attached to an aromatic ring is 1. The molecule has 0 fully saturated rings. The van der Waals surface area contributed by atoms with Gasteiger partial charge in [-0.05, 0) is 29.8 Å². The average Bonchev–Trinajstić information content (AvgIpc) is 3.30. The van der Waals surface area contributed by atoms with E-state index >= 15 is 0 Å². The van der Waals surface area contributed by atoms with Gasteiger partial charge in [-0.25, -0.2) is 23.1 Å². The fourth-order valence-corrected chi connectivity index (χ4v) is 4.25. The van der Waals surface area contributed by atoms with Gasteiger partial charge in [-0.15, -0.1) is 0 Å². The zero-order valence-corrected chi connectivity index (χ0v) is 21.4. The van der Waals surface area contributed by atoms with Gasteiger partial charge in [0.15, 0.2) is 0 Å². The number of hydrogen-bond donors (Lipinski definition) is 7. The number of carboxylic acid groups (broad SMARTS) is 1. The van der Waals surface area contributed by atoms with Gasteiger partial charge in [-0.2, -0.15) is 13.2 Å². The number of nitrogens with one attached hydrogen (secondary N) is 4. The Bertz CT molecular complexity index is 1780. The lowest BCUT2D eigenvalue weighted by molar-refractivity contribution is -0.192. The number of primary sulfonamides is 1. The predicted octanol–water partition coefficient (Wildman–Crippen LogP) is 2.85. The van der Waals surface area contributed by atoms with Crippen LogP contribution in [-0.4, -0.2) is 47.4 Å². The lowest BCUT2D eigenvalue weighted by Gasteiger charge is -2.10. The first-order chi connectivity index (χ1) is 19.1. The van der Waals surface area contributed by atoms with Crippen molar-refractivity contribution in [1.29, 1.82) is 5.41 Å². The van der Waals surface area contributed by atoms with Crippen LogP contribution in [0, 0.1) is 5.41 Å². The number of aromatic amines is 2. The standard InChI is InChI=1S/C23H20N6O4S.C2HF3O2/c24-21(25)15-5-3-4-14(12-15)19-20(29-23(31)28-19)22(30)27-16-10-8-13(9-11-16)17-6-1-2-7-18(17)34(26,32)33;3-2(4,5)1(6)7/h1-12H,(H3,24,25)(H,27,30)(H2,26,32,33)(H2,28,29,31);(H,6,7). The number of anilines is 1. The fraction of sp³-hybridized carbons (Fsp3) is 0.0400. The second kappa shape index (κ2) is 11.9. The van der Waals surface area contributed by atoms with E-state index < -0.39 is 33.8 Å². The van der Waals surface area contributed by atoms with Crippen molar-refractivity contribution in [2.24, 2.45) is 10.9 Å². The van der Waals surface area contributed by atoms with Crippen LogP contribution in [-0.2, 0) is 14.8 Å². The summed E-state index contributed by atoms with van der Waals surface area (Å²) in [6, 6.07) is 19.4. The first-order valence-corrected chi connectivity index (χ1v) is 12.7. The molecule has 16 heteroatoms. The van der Waals surface area contributed by atoms with Crippen LogP contribution in [0.15, 0.2) is 82.5 Å². The number of aromatic nitrogens is 2. The topological polar surface area (TPSA) is 225 Å². The Morgan fingerprint density at radius 2 is 1.54 bits per heavy atom. The molecular formula is C25H21F3N6O6S. The number of amidine groups is 1. The maximum absolute atomic E-state index is 12.9. The quantitative estimate of drug-likeness (QED) is 0.131. The van der Waals surface area contributed by atoms with Crippen LogP contribution in [0.25, 0.3) is 22.4 Å². The van der Waals surface area contributed by atoms with Crippen molar-refractivity contribution in [3.05, 3.63) is 94.5 Å². The Kier molecular flexibility index (Phi) is 8.79. The minimum atomic E-state index is -5.08. The molecule has 12 nitrogen and oxygen atoms in total. The van der Waals surface area contributed by atoms with Gasteiger partial charge in [0.2, 0.25) is 10.0 Å². The van der Waals surface area contributed by atoms with Crippen LogP contribution < -0.4 is 21.9 Å². The number of amides is 1. The van der Waals surface area contributed by atoms with E-state index in [1.165, 1.54) is 6.07 Å². The van der Waals surface area contributed by atoms with E-state index in [9.17, 15) is 31.2 Å². The van der Waals surface area contributed by atoms with Crippen LogP contribution >= 0.6 is 0 Å². The molecular weight excluding hydrogens is 569 g/mol. The number of H-pyrrole nitrogens is 2. The highest BCUT2D eigenvalue weighted by molar-refractivity contribution is 7.89. The van der Waals surface area contributed by atoms with Crippen molar-refractivity contribution < 1.29 is 36.3 Å². The van der Waals surface area contributed by atoms with Crippen LogP contribution in [0.3, 0.4) is 0 Å². The number of carbonyl (C=O) groups excluding carboxylic acids is 1. The predicted molar refractivity (Wildman–Crippen MR) is 143 cm³/mol. The summed E-state index contributed by atoms with van der Waals surface area (Å²) in [5.41, 5.74) is 7.64. The second-order valence-electron chi connectivity index (χ2n) is 8.20. The molecule has 9 N–H and O–H groups in total. The molecule has 0 saturated carbocycles. The Hall–Kier alpha value is -5.22. The number of carbonyl (C=O) groups is 2. The third kappa shape index (κ3) is 7.68. The molecule has 0 bridgehead atoms. The van der Waals surface area contributed by atoms with Crippen molar-refractivity contribution in [3.63, 3.8) is 0 Å². The van der Waals surface area contributed by atoms with Gasteiger partial charge in [-0.3, -0.25) is 10.2 Å². The summed E-state index contributed by atoms with van der Waals surface area (Å²) >= 11 is 0. The van der Waals surface area contributed by atoms with E-state index in [4.69, 9.17) is 26.2 Å². The summed E-state index contributed by atoms with van der Waals surface area (Å²) in [7, 11) is -3.91. The molecule has 0 aliphatic heterocycles. The molecule has 0 aliphatic rings. The van der Waals surface area contributed by atoms with E-state index in [1.807, 2.05) is 0 Å². The summed E-state index contributed by atoms with van der Waals surface area (Å²) in [5.74, 6) is -3.47. The second-order valence-corrected chi connectivity index (χ2v) is 9.73. The van der Waals surface area contributed by atoms with Gasteiger partial charge >= 0.3 is 17.8 Å². The van der Waals surface area contributed by atoms with E-state index in [2.05, 4.69) is 15.3 Å². The van der Waals surface area contributed by atoms with Gasteiger partial charge in [0, 0.05) is 22.4 Å². The Labute approximate surface area is 229 Å². The maximum atomic E-state index is 12.9. The molecule has 3 aromatic carbocycles. The molecule has 0 saturated heterocycles. The minimum absolute atomic E-state index is 0.00545. The molecule has 214 valence electrons. The molecule has 1 amide bonds. The SMILES string of the molecule is N=C(N)c1cccc(-c2[nH]c(=O)[nH]c2C(=O)Nc2ccc(-c3ccccc3S(N)(=O)=O)cc2)c1.O=C(O)C(F)(F)F. The van der Waals surface area contributed by atoms with Crippen molar-refractivity contribution in [3.8, 4) is 22.4 Å². The Morgan fingerprint density at radius 3 is 2.10 bits per heavy atom. The normalized spacial score (nSPS) is 11.2. The number of halogens is 3. The summed E-state index contributed by atoms with van der Waals surface area (Å²) in [6.07, 6.45) is -5.08. The number of aliphatic carboxylic acids is 1. The molecule has 4 rings (SSSR count). The molecule has 0 unspecified atom stereocenters. The number of nitrogens with two attached hydrogens (primary N) is 2. The highest BCUT2D eigenvalue weighted by Gasteiger charge is 2.38. The Balaban J connectivity index is 0.000000587. The van der Waals surface area contributed by atoms with E-state index in [-0.39, 0.29) is 22.1 Å². The van der Waals surface area contributed by atoms with Crippen molar-refractivity contribution in [2.75, 3.05) is 5.32 Å². The number of rotatable bonds is 6. The number of sulfonamides is 1. The van der Waals surface area contributed by atoms with Gasteiger partial charge < -0.3 is 26.1 Å². The van der Waals surface area contributed by atoms with E-state index in [0.717, 1.165) is 0 Å². The number of alkyl halides is 3. The van der Waals surface area contributed by atoms with Crippen LogP contribution in [0.5, 0.6) is 0 Å². The van der Waals surface area contributed by atoms with E-state index in [1.54, 1.807) is 66.7 Å². The molecule has 1 aromatic heterocycles. The van der Waals surface area contributed by atoms with Crippen LogP contribution in [0.1, 0.15) is 16.1 Å². The third-order valence-corrected chi connectivity index (χ3v) is 6.28. The van der Waals surface area contributed by atoms with Gasteiger partial charge in [0.25, 0.3) is 5.91 Å². The highest BCUT2D eigenvalue weighted by Crippen LogP contribution is 2.28. The molecule has 0 spiro atoms. The van der Waals surface area contributed by atoms with Gasteiger partial charge in [0.1, 0.15) is 11.5 Å². The number of carboxylic acids is 1. The van der Waals surface area contributed by atoms with Crippen molar-refractivity contribution in [1.82, 2.24) is 9.97 Å². The summed E-state index contributed by atoms with van der Waals surface area (Å²) < 4.78 is 55.5. The van der Waals surface area contributed by atoms with Crippen molar-refractivity contribution in [2.45, 2.75) is 11.1 Å². The number of hydrogen-bond acceptors (Lipinski definition) is 6. The molecule has 4 aromatic rings. The highest BCUT2D eigenvalue weighted by atomic mass is 32.2. The molecule has 0 aliphatic carbocycles. The van der Waals surface area contributed by atoms with E-state index in [0.29, 0.717) is 27.9 Å². The monoisotopic (exact) mass is 590 g/mol. The van der Waals surface area contributed by atoms with Gasteiger partial charge in [-0.1, -0.05) is 48.5 Å². The largest absolute Gasteiger partial charge is 0.490 e. The average molecular weight is 591 g/mol. The van der Waals surface area contributed by atoms with Gasteiger partial charge in [0.05, 0.1) is 10.6 Å². The molecule has 41 heavy (non-hydrogen) atoms. The summed E-state index contributed by atoms with van der Waals surface area (Å²) in [4.78, 5) is 38.8. The molecule has 0 atom stereocenters. The third-order valence-electron chi connectivity index (χ3n) is 5.31. The molecule has 0 radical (unpaired) electrons. The lowest BCUT2D eigenvalue weighted by Crippen LogP contribution is -2.21. The zero-order chi connectivity index (χ0) is 30.5. The molecule has 1 heterocycles. The van der Waals surface area contributed by atoms with Crippen LogP contribution in [0.4, 0.5) is 18.9 Å². The minimum Gasteiger partial charge on any atom is -0.475 e. The smallest absolute Gasteiger partial charge is 0.475 e. The first kappa shape index (κ1) is 30.3. The zero-order valence-electron chi connectivity index (χ0n) is 20.6. The van der Waals surface area contributed by atoms with Crippen LogP contribution in [0.2, 0.25) is 0 Å². The summed E-state index contributed by atoms with van der Waals surface area (Å²) in [5, 5.41) is 22.7. The Morgan fingerprint density at radius 1 is 0.927 bits per heavy atom. The number of imidazole rings is 1. The lowest BCUT2D eigenvalue weighted by atomic mass is 10.0. The fourth-order valence-electron chi connectivity index (χ4n) is 3.49. The maximum Gasteiger partial charge on any atom is 0.490 e. The first-order valence-electron chi connectivity index (χ1n) is 11.2. The number of benzene rings is 3. The van der Waals surface area contributed by atoms with Crippen molar-refractivity contribution >= 4 is 33.4 Å². The summed E-state index contributed by atoms with van der Waals surface area (Å²) in [6.45, 7) is 0.